The SMILES string of the molecule is CC(C)n1nccc1CNCc1cccc(F)c1. The molecule has 0 aliphatic carbocycles. The Hall–Kier alpha value is -1.68. The van der Waals surface area contributed by atoms with Gasteiger partial charge >= 0.3 is 0 Å². The Balaban J connectivity index is 1.90. The van der Waals surface area contributed by atoms with Gasteiger partial charge in [0.25, 0.3) is 0 Å². The third-order valence-corrected chi connectivity index (χ3v) is 2.77. The van der Waals surface area contributed by atoms with Gasteiger partial charge in [0.05, 0.1) is 5.69 Å². The summed E-state index contributed by atoms with van der Waals surface area (Å²) in [7, 11) is 0. The fraction of sp³-hybridized carbons (Fsp3) is 0.357. The lowest BCUT2D eigenvalue weighted by molar-refractivity contribution is 0.495. The Morgan fingerprint density at radius 3 is 2.83 bits per heavy atom. The molecule has 0 aliphatic heterocycles. The summed E-state index contributed by atoms with van der Waals surface area (Å²) < 4.78 is 15.0. The average molecular weight is 247 g/mol. The molecule has 2 rings (SSSR count). The third-order valence-electron chi connectivity index (χ3n) is 2.77. The van der Waals surface area contributed by atoms with E-state index in [-0.39, 0.29) is 5.82 Å². The molecule has 0 saturated heterocycles. The topological polar surface area (TPSA) is 29.9 Å². The fourth-order valence-corrected chi connectivity index (χ4v) is 1.93. The molecule has 1 heterocycles. The monoisotopic (exact) mass is 247 g/mol. The van der Waals surface area contributed by atoms with Crippen molar-refractivity contribution < 1.29 is 4.39 Å². The van der Waals surface area contributed by atoms with Gasteiger partial charge in [0, 0.05) is 25.3 Å². The second kappa shape index (κ2) is 5.78. The first-order chi connectivity index (χ1) is 8.66. The molecular formula is C14H18FN3. The molecule has 1 aromatic carbocycles. The van der Waals surface area contributed by atoms with Crippen LogP contribution in [-0.2, 0) is 13.1 Å². The molecule has 1 aromatic heterocycles. The zero-order chi connectivity index (χ0) is 13.0. The standard InChI is InChI=1S/C14H18FN3/c1-11(2)18-14(6-7-17-18)10-16-9-12-4-3-5-13(15)8-12/h3-8,11,16H,9-10H2,1-2H3. The largest absolute Gasteiger partial charge is 0.307 e. The highest BCUT2D eigenvalue weighted by molar-refractivity contribution is 5.16. The molecule has 0 saturated carbocycles. The Morgan fingerprint density at radius 1 is 1.28 bits per heavy atom. The maximum absolute atomic E-state index is 13.0. The minimum atomic E-state index is -0.193. The Kier molecular flexibility index (Phi) is 4.10. The van der Waals surface area contributed by atoms with E-state index in [4.69, 9.17) is 0 Å². The van der Waals surface area contributed by atoms with Crippen LogP contribution in [0.3, 0.4) is 0 Å². The second-order valence-electron chi connectivity index (χ2n) is 4.59. The summed E-state index contributed by atoms with van der Waals surface area (Å²) >= 11 is 0. The summed E-state index contributed by atoms with van der Waals surface area (Å²) in [6, 6.07) is 8.99. The van der Waals surface area contributed by atoms with Gasteiger partial charge in [0.2, 0.25) is 0 Å². The van der Waals surface area contributed by atoms with Crippen molar-refractivity contribution in [1.29, 1.82) is 0 Å². The number of halogens is 1. The number of nitrogens with one attached hydrogen (secondary N) is 1. The summed E-state index contributed by atoms with van der Waals surface area (Å²) in [4.78, 5) is 0. The van der Waals surface area contributed by atoms with Gasteiger partial charge in [0.1, 0.15) is 5.82 Å². The molecule has 4 heteroatoms. The molecule has 0 amide bonds. The van der Waals surface area contributed by atoms with Crippen LogP contribution in [0, 0.1) is 5.82 Å². The fourth-order valence-electron chi connectivity index (χ4n) is 1.93. The summed E-state index contributed by atoms with van der Waals surface area (Å²) in [5, 5.41) is 7.57. The van der Waals surface area contributed by atoms with Gasteiger partial charge in [-0.15, -0.1) is 0 Å². The maximum Gasteiger partial charge on any atom is 0.123 e. The number of rotatable bonds is 5. The van der Waals surface area contributed by atoms with Crippen molar-refractivity contribution in [2.45, 2.75) is 33.0 Å². The molecule has 0 atom stereocenters. The molecule has 0 bridgehead atoms. The van der Waals surface area contributed by atoms with Crippen LogP contribution in [-0.4, -0.2) is 9.78 Å². The van der Waals surface area contributed by atoms with Crippen molar-refractivity contribution in [2.75, 3.05) is 0 Å². The van der Waals surface area contributed by atoms with Crippen LogP contribution in [0.15, 0.2) is 36.5 Å². The Bertz CT molecular complexity index is 505. The predicted molar refractivity (Wildman–Crippen MR) is 69.6 cm³/mol. The van der Waals surface area contributed by atoms with Crippen molar-refractivity contribution in [2.24, 2.45) is 0 Å². The smallest absolute Gasteiger partial charge is 0.123 e. The van der Waals surface area contributed by atoms with Gasteiger partial charge < -0.3 is 5.32 Å². The van der Waals surface area contributed by atoms with Crippen LogP contribution in [0.4, 0.5) is 4.39 Å². The molecule has 1 N–H and O–H groups in total. The molecule has 0 radical (unpaired) electrons. The molecule has 3 nitrogen and oxygen atoms in total. The third kappa shape index (κ3) is 3.17. The zero-order valence-corrected chi connectivity index (χ0v) is 10.7. The summed E-state index contributed by atoms with van der Waals surface area (Å²) in [6.45, 7) is 5.59. The van der Waals surface area contributed by atoms with Crippen molar-refractivity contribution in [3.05, 3.63) is 53.6 Å². The van der Waals surface area contributed by atoms with Gasteiger partial charge in [-0.2, -0.15) is 5.10 Å². The highest BCUT2D eigenvalue weighted by atomic mass is 19.1. The minimum Gasteiger partial charge on any atom is -0.307 e. The zero-order valence-electron chi connectivity index (χ0n) is 10.7. The average Bonchev–Trinajstić information content (AvgIpc) is 2.77. The van der Waals surface area contributed by atoms with Gasteiger partial charge in [0.15, 0.2) is 0 Å². The van der Waals surface area contributed by atoms with Crippen LogP contribution in [0.5, 0.6) is 0 Å². The highest BCUT2D eigenvalue weighted by Crippen LogP contribution is 2.08. The minimum absolute atomic E-state index is 0.193. The van der Waals surface area contributed by atoms with E-state index in [9.17, 15) is 4.39 Å². The quantitative estimate of drug-likeness (QED) is 0.880. The number of hydrogen-bond donors (Lipinski definition) is 1. The Labute approximate surface area is 107 Å². The highest BCUT2D eigenvalue weighted by Gasteiger charge is 2.05. The first-order valence-corrected chi connectivity index (χ1v) is 6.14. The van der Waals surface area contributed by atoms with E-state index in [0.717, 1.165) is 17.8 Å². The first-order valence-electron chi connectivity index (χ1n) is 6.14. The number of nitrogens with zero attached hydrogens (tertiary/aromatic N) is 2. The van der Waals surface area contributed by atoms with E-state index in [2.05, 4.69) is 24.3 Å². The lowest BCUT2D eigenvalue weighted by Gasteiger charge is -2.11. The van der Waals surface area contributed by atoms with E-state index in [1.54, 1.807) is 18.3 Å². The predicted octanol–water partition coefficient (Wildman–Crippen LogP) is 2.89. The van der Waals surface area contributed by atoms with E-state index in [0.29, 0.717) is 12.6 Å². The molecule has 0 aliphatic rings. The number of hydrogen-bond acceptors (Lipinski definition) is 2. The van der Waals surface area contributed by atoms with Gasteiger partial charge in [-0.3, -0.25) is 4.68 Å². The van der Waals surface area contributed by atoms with Crippen LogP contribution in [0.2, 0.25) is 0 Å². The van der Waals surface area contributed by atoms with E-state index >= 15 is 0 Å². The molecule has 0 spiro atoms. The van der Waals surface area contributed by atoms with Crippen LogP contribution in [0.1, 0.15) is 31.1 Å². The van der Waals surface area contributed by atoms with Crippen LogP contribution in [0.25, 0.3) is 0 Å². The molecule has 0 fully saturated rings. The maximum atomic E-state index is 13.0. The summed E-state index contributed by atoms with van der Waals surface area (Å²) in [6.07, 6.45) is 1.80. The van der Waals surface area contributed by atoms with Gasteiger partial charge in [-0.1, -0.05) is 12.1 Å². The van der Waals surface area contributed by atoms with E-state index in [1.165, 1.54) is 6.07 Å². The van der Waals surface area contributed by atoms with Crippen molar-refractivity contribution in [3.63, 3.8) is 0 Å². The lowest BCUT2D eigenvalue weighted by Crippen LogP contribution is -2.17. The van der Waals surface area contributed by atoms with Gasteiger partial charge in [-0.25, -0.2) is 4.39 Å². The van der Waals surface area contributed by atoms with Crippen molar-refractivity contribution in [1.82, 2.24) is 15.1 Å². The molecule has 0 unspecified atom stereocenters. The second-order valence-corrected chi connectivity index (χ2v) is 4.59. The lowest BCUT2D eigenvalue weighted by atomic mass is 10.2. The van der Waals surface area contributed by atoms with Crippen molar-refractivity contribution in [3.8, 4) is 0 Å². The molecular weight excluding hydrogens is 229 g/mol. The number of aromatic nitrogens is 2. The molecule has 18 heavy (non-hydrogen) atoms. The summed E-state index contributed by atoms with van der Waals surface area (Å²) in [5.74, 6) is -0.193. The molecule has 96 valence electrons. The van der Waals surface area contributed by atoms with E-state index in [1.807, 2.05) is 16.8 Å². The van der Waals surface area contributed by atoms with Gasteiger partial charge in [-0.05, 0) is 37.6 Å². The first kappa shape index (κ1) is 12.8. The van der Waals surface area contributed by atoms with Crippen LogP contribution >= 0.6 is 0 Å². The van der Waals surface area contributed by atoms with Crippen molar-refractivity contribution >= 4 is 0 Å². The van der Waals surface area contributed by atoms with Crippen LogP contribution < -0.4 is 5.32 Å². The van der Waals surface area contributed by atoms with E-state index < -0.39 is 0 Å². The summed E-state index contributed by atoms with van der Waals surface area (Å²) in [5.41, 5.74) is 2.09. The molecule has 2 aromatic rings. The number of benzene rings is 1. The normalized spacial score (nSPS) is 11.1. The Morgan fingerprint density at radius 2 is 2.11 bits per heavy atom.